The first-order chi connectivity index (χ1) is 7.83. The summed E-state index contributed by atoms with van der Waals surface area (Å²) in [5, 5.41) is 1.29. The van der Waals surface area contributed by atoms with Crippen molar-refractivity contribution in [2.45, 2.75) is 29.9 Å². The van der Waals surface area contributed by atoms with Gasteiger partial charge >= 0.3 is 0 Å². The third-order valence-electron chi connectivity index (χ3n) is 3.03. The normalized spacial score (nSPS) is 27.6. The van der Waals surface area contributed by atoms with E-state index in [1.807, 2.05) is 0 Å². The van der Waals surface area contributed by atoms with Gasteiger partial charge in [-0.2, -0.15) is 23.5 Å². The summed E-state index contributed by atoms with van der Waals surface area (Å²) in [7, 11) is 0. The molecule has 2 N–H and O–H groups in total. The Labute approximate surface area is 107 Å². The molecule has 1 fully saturated rings. The van der Waals surface area contributed by atoms with Crippen LogP contribution in [0.2, 0.25) is 0 Å². The van der Waals surface area contributed by atoms with E-state index in [1.165, 1.54) is 23.5 Å². The van der Waals surface area contributed by atoms with Gasteiger partial charge < -0.3 is 5.73 Å². The minimum Gasteiger partial charge on any atom is -0.323 e. The molecular weight excluding hydrogens is 234 g/mol. The lowest BCUT2D eigenvalue weighted by atomic mass is 10.0. The number of thioether (sulfide) groups is 2. The summed E-state index contributed by atoms with van der Waals surface area (Å²) in [5.41, 5.74) is 7.68. The molecule has 3 atom stereocenters. The lowest BCUT2D eigenvalue weighted by molar-refractivity contribution is 0.630. The highest BCUT2D eigenvalue weighted by atomic mass is 32.2. The summed E-state index contributed by atoms with van der Waals surface area (Å²) in [6.45, 7) is 2.27. The van der Waals surface area contributed by atoms with Crippen LogP contribution in [0.5, 0.6) is 0 Å². The summed E-state index contributed by atoms with van der Waals surface area (Å²) in [6.07, 6.45) is 1.23. The van der Waals surface area contributed by atoms with Crippen molar-refractivity contribution in [2.75, 3.05) is 11.5 Å². The molecule has 16 heavy (non-hydrogen) atoms. The largest absolute Gasteiger partial charge is 0.323 e. The van der Waals surface area contributed by atoms with E-state index < -0.39 is 0 Å². The molecule has 1 saturated heterocycles. The molecule has 1 nitrogen and oxygen atoms in total. The fourth-order valence-electron chi connectivity index (χ4n) is 2.14. The van der Waals surface area contributed by atoms with E-state index in [1.54, 1.807) is 0 Å². The van der Waals surface area contributed by atoms with Gasteiger partial charge in [0.05, 0.1) is 0 Å². The van der Waals surface area contributed by atoms with Gasteiger partial charge in [-0.25, -0.2) is 0 Å². The minimum absolute atomic E-state index is 0.184. The molecule has 0 amide bonds. The topological polar surface area (TPSA) is 26.0 Å². The molecule has 1 aromatic carbocycles. The Morgan fingerprint density at radius 1 is 1.25 bits per heavy atom. The molecule has 1 aliphatic rings. The Morgan fingerprint density at radius 2 is 1.94 bits per heavy atom. The van der Waals surface area contributed by atoms with Crippen LogP contribution in [0.15, 0.2) is 30.3 Å². The third-order valence-corrected chi connectivity index (χ3v) is 6.40. The minimum atomic E-state index is 0.184. The van der Waals surface area contributed by atoms with E-state index in [2.05, 4.69) is 60.8 Å². The van der Waals surface area contributed by atoms with Gasteiger partial charge in [-0.1, -0.05) is 37.3 Å². The summed E-state index contributed by atoms with van der Waals surface area (Å²) < 4.78 is 0. The highest BCUT2D eigenvalue weighted by molar-refractivity contribution is 8.07. The number of nitrogens with two attached hydrogens (primary N) is 1. The quantitative estimate of drug-likeness (QED) is 0.895. The molecule has 0 spiro atoms. The van der Waals surface area contributed by atoms with Crippen LogP contribution in [-0.2, 0) is 0 Å². The first-order valence-electron chi connectivity index (χ1n) is 5.86. The highest BCUT2D eigenvalue weighted by Crippen LogP contribution is 2.39. The van der Waals surface area contributed by atoms with Crippen LogP contribution in [0.4, 0.5) is 0 Å². The zero-order valence-electron chi connectivity index (χ0n) is 9.63. The van der Waals surface area contributed by atoms with Crippen LogP contribution < -0.4 is 5.73 Å². The molecule has 1 heterocycles. The number of hydrogen-bond donors (Lipinski definition) is 1. The number of rotatable bonds is 3. The van der Waals surface area contributed by atoms with E-state index in [9.17, 15) is 0 Å². The zero-order chi connectivity index (χ0) is 11.4. The van der Waals surface area contributed by atoms with E-state index in [-0.39, 0.29) is 6.04 Å². The Morgan fingerprint density at radius 3 is 2.62 bits per heavy atom. The predicted octanol–water partition coefficient (Wildman–Crippen LogP) is 3.31. The van der Waals surface area contributed by atoms with Gasteiger partial charge in [-0.3, -0.25) is 0 Å². The summed E-state index contributed by atoms with van der Waals surface area (Å²) in [4.78, 5) is 0. The molecule has 3 unspecified atom stereocenters. The maximum Gasteiger partial charge on any atom is 0.0426 e. The van der Waals surface area contributed by atoms with Gasteiger partial charge in [0.2, 0.25) is 0 Å². The molecule has 1 aliphatic heterocycles. The monoisotopic (exact) mass is 253 g/mol. The van der Waals surface area contributed by atoms with E-state index >= 15 is 0 Å². The molecule has 0 aromatic heterocycles. The molecule has 1 aromatic rings. The predicted molar refractivity (Wildman–Crippen MR) is 76.2 cm³/mol. The van der Waals surface area contributed by atoms with Gasteiger partial charge in [0.25, 0.3) is 0 Å². The summed E-state index contributed by atoms with van der Waals surface area (Å²) >= 11 is 4.15. The highest BCUT2D eigenvalue weighted by Gasteiger charge is 2.30. The van der Waals surface area contributed by atoms with E-state index in [0.717, 1.165) is 0 Å². The van der Waals surface area contributed by atoms with Gasteiger partial charge in [0, 0.05) is 28.0 Å². The Balaban J connectivity index is 2.10. The zero-order valence-corrected chi connectivity index (χ0v) is 11.3. The van der Waals surface area contributed by atoms with Gasteiger partial charge in [-0.15, -0.1) is 0 Å². The molecule has 0 bridgehead atoms. The molecule has 0 aliphatic carbocycles. The second-order valence-corrected chi connectivity index (χ2v) is 6.72. The van der Waals surface area contributed by atoms with Crippen LogP contribution in [0, 0.1) is 0 Å². The van der Waals surface area contributed by atoms with Crippen molar-refractivity contribution in [1.82, 2.24) is 0 Å². The molecule has 0 radical (unpaired) electrons. The second-order valence-electron chi connectivity index (χ2n) is 4.09. The average molecular weight is 253 g/mol. The smallest absolute Gasteiger partial charge is 0.0426 e. The summed E-state index contributed by atoms with van der Waals surface area (Å²) in [5.74, 6) is 2.52. The van der Waals surface area contributed by atoms with Crippen molar-refractivity contribution >= 4 is 23.5 Å². The van der Waals surface area contributed by atoms with E-state index in [0.29, 0.717) is 10.5 Å². The fraction of sp³-hybridized carbons (Fsp3) is 0.538. The van der Waals surface area contributed by atoms with Crippen LogP contribution >= 0.6 is 23.5 Å². The summed E-state index contributed by atoms with van der Waals surface area (Å²) in [6, 6.07) is 10.7. The maximum atomic E-state index is 6.40. The molecule has 88 valence electrons. The van der Waals surface area contributed by atoms with Gasteiger partial charge in [0.15, 0.2) is 0 Å². The molecule has 3 heteroatoms. The van der Waals surface area contributed by atoms with E-state index in [4.69, 9.17) is 5.73 Å². The van der Waals surface area contributed by atoms with Crippen molar-refractivity contribution in [3.05, 3.63) is 35.9 Å². The lowest BCUT2D eigenvalue weighted by Crippen LogP contribution is -2.35. The van der Waals surface area contributed by atoms with Crippen molar-refractivity contribution in [3.63, 3.8) is 0 Å². The number of hydrogen-bond acceptors (Lipinski definition) is 3. The molecule has 2 rings (SSSR count). The fourth-order valence-corrected chi connectivity index (χ4v) is 5.32. The van der Waals surface area contributed by atoms with Crippen LogP contribution in [0.25, 0.3) is 0 Å². The van der Waals surface area contributed by atoms with Gasteiger partial charge in [-0.05, 0) is 12.0 Å². The Bertz CT molecular complexity index is 315. The molecule has 0 saturated carbocycles. The second kappa shape index (κ2) is 5.99. The first kappa shape index (κ1) is 12.3. The lowest BCUT2D eigenvalue weighted by Gasteiger charge is -2.34. The van der Waals surface area contributed by atoms with Crippen molar-refractivity contribution in [3.8, 4) is 0 Å². The Hall–Kier alpha value is -0.120. The number of benzene rings is 1. The SMILES string of the molecule is CCC1SCCSC1C(N)c1ccccc1. The average Bonchev–Trinajstić information content (AvgIpc) is 2.39. The molecular formula is C13H19NS2. The van der Waals surface area contributed by atoms with Crippen molar-refractivity contribution in [2.24, 2.45) is 5.73 Å². The van der Waals surface area contributed by atoms with Gasteiger partial charge in [0.1, 0.15) is 0 Å². The third kappa shape index (κ3) is 2.76. The van der Waals surface area contributed by atoms with Crippen LogP contribution in [0.3, 0.4) is 0 Å². The maximum absolute atomic E-state index is 6.40. The van der Waals surface area contributed by atoms with Crippen molar-refractivity contribution in [1.29, 1.82) is 0 Å². The van der Waals surface area contributed by atoms with Crippen LogP contribution in [-0.4, -0.2) is 22.0 Å². The van der Waals surface area contributed by atoms with Crippen LogP contribution in [0.1, 0.15) is 24.9 Å². The standard InChI is InChI=1S/C13H19NS2/c1-2-11-13(16-9-8-15-11)12(14)10-6-4-3-5-7-10/h3-7,11-13H,2,8-9,14H2,1H3. The Kier molecular flexibility index (Phi) is 4.62. The van der Waals surface area contributed by atoms with Crippen molar-refractivity contribution < 1.29 is 0 Å². The first-order valence-corrected chi connectivity index (χ1v) is 7.96.